The van der Waals surface area contributed by atoms with E-state index in [2.05, 4.69) is 10.1 Å². The van der Waals surface area contributed by atoms with Gasteiger partial charge in [-0.25, -0.2) is 0 Å². The van der Waals surface area contributed by atoms with Gasteiger partial charge in [-0.2, -0.15) is 5.10 Å². The normalized spacial score (nSPS) is 11.0. The minimum atomic E-state index is -0.0746. The molecule has 1 amide bonds. The Morgan fingerprint density at radius 1 is 1.48 bits per heavy atom. The monoisotopic (exact) mass is 283 g/mol. The number of fused-ring (bicyclic) bond motifs is 1. The molecule has 0 radical (unpaired) electrons. The second kappa shape index (κ2) is 4.97. The summed E-state index contributed by atoms with van der Waals surface area (Å²) in [6, 6.07) is 7.44. The summed E-state index contributed by atoms with van der Waals surface area (Å²) in [7, 11) is 3.62. The highest BCUT2D eigenvalue weighted by Gasteiger charge is 2.15. The van der Waals surface area contributed by atoms with Crippen LogP contribution in [-0.4, -0.2) is 32.6 Å². The lowest BCUT2D eigenvalue weighted by molar-refractivity contribution is 0.0780. The van der Waals surface area contributed by atoms with Gasteiger partial charge in [-0.3, -0.25) is 9.48 Å². The van der Waals surface area contributed by atoms with Crippen LogP contribution in [0.3, 0.4) is 0 Å². The highest BCUT2D eigenvalue weighted by molar-refractivity contribution is 6.00. The SMILES string of the molecule is CN(Cc1cnn(C)c1)C(=O)c1cc2cccc(N)c2[nH]1. The van der Waals surface area contributed by atoms with Gasteiger partial charge in [0.15, 0.2) is 0 Å². The summed E-state index contributed by atoms with van der Waals surface area (Å²) >= 11 is 0. The first-order valence-corrected chi connectivity index (χ1v) is 6.65. The molecule has 21 heavy (non-hydrogen) atoms. The molecule has 0 saturated heterocycles. The van der Waals surface area contributed by atoms with E-state index in [0.29, 0.717) is 17.9 Å². The molecule has 0 atom stereocenters. The fourth-order valence-electron chi connectivity index (χ4n) is 2.40. The van der Waals surface area contributed by atoms with Crippen molar-refractivity contribution in [3.05, 3.63) is 47.9 Å². The Morgan fingerprint density at radius 2 is 2.29 bits per heavy atom. The number of H-pyrrole nitrogens is 1. The number of carbonyl (C=O) groups excluding carboxylic acids is 1. The van der Waals surface area contributed by atoms with E-state index < -0.39 is 0 Å². The number of benzene rings is 1. The maximum absolute atomic E-state index is 12.5. The number of aromatic nitrogens is 3. The van der Waals surface area contributed by atoms with Crippen molar-refractivity contribution in [3.63, 3.8) is 0 Å². The minimum absolute atomic E-state index is 0.0746. The molecule has 3 aromatic rings. The van der Waals surface area contributed by atoms with Crippen LogP contribution in [0.25, 0.3) is 10.9 Å². The number of carbonyl (C=O) groups is 1. The molecule has 0 aliphatic heterocycles. The fraction of sp³-hybridized carbons (Fsp3) is 0.200. The standard InChI is InChI=1S/C15H17N5O/c1-19(8-10-7-17-20(2)9-10)15(21)13-6-11-4-3-5-12(16)14(11)18-13/h3-7,9,18H,8,16H2,1-2H3. The molecule has 0 unspecified atom stereocenters. The van der Waals surface area contributed by atoms with Crippen molar-refractivity contribution in [1.29, 1.82) is 0 Å². The summed E-state index contributed by atoms with van der Waals surface area (Å²) in [6.07, 6.45) is 3.65. The molecule has 0 saturated carbocycles. The number of rotatable bonds is 3. The van der Waals surface area contributed by atoms with Crippen LogP contribution < -0.4 is 5.73 Å². The maximum Gasteiger partial charge on any atom is 0.270 e. The van der Waals surface area contributed by atoms with Gasteiger partial charge in [-0.1, -0.05) is 12.1 Å². The van der Waals surface area contributed by atoms with E-state index in [4.69, 9.17) is 5.73 Å². The molecule has 3 rings (SSSR count). The van der Waals surface area contributed by atoms with E-state index in [0.717, 1.165) is 16.5 Å². The van der Waals surface area contributed by atoms with Crippen LogP contribution in [0, 0.1) is 0 Å². The highest BCUT2D eigenvalue weighted by Crippen LogP contribution is 2.22. The second-order valence-corrected chi connectivity index (χ2v) is 5.18. The van der Waals surface area contributed by atoms with Crippen LogP contribution in [0.4, 0.5) is 5.69 Å². The molecule has 0 aliphatic carbocycles. The van der Waals surface area contributed by atoms with Gasteiger partial charge >= 0.3 is 0 Å². The lowest BCUT2D eigenvalue weighted by Gasteiger charge is -2.15. The summed E-state index contributed by atoms with van der Waals surface area (Å²) in [5.74, 6) is -0.0746. The number of aromatic amines is 1. The van der Waals surface area contributed by atoms with Crippen LogP contribution in [-0.2, 0) is 13.6 Å². The molecular weight excluding hydrogens is 266 g/mol. The molecule has 108 valence electrons. The van der Waals surface area contributed by atoms with Gasteiger partial charge in [0.25, 0.3) is 5.91 Å². The van der Waals surface area contributed by atoms with Gasteiger partial charge in [0.2, 0.25) is 0 Å². The molecule has 0 fully saturated rings. The summed E-state index contributed by atoms with van der Waals surface area (Å²) in [6.45, 7) is 0.511. The number of nitrogens with zero attached hydrogens (tertiary/aromatic N) is 3. The predicted octanol–water partition coefficient (Wildman–Crippen LogP) is 1.76. The minimum Gasteiger partial charge on any atom is -0.397 e. The van der Waals surface area contributed by atoms with E-state index in [1.807, 2.05) is 37.5 Å². The summed E-state index contributed by atoms with van der Waals surface area (Å²) in [4.78, 5) is 17.2. The Kier molecular flexibility index (Phi) is 3.13. The van der Waals surface area contributed by atoms with Crippen LogP contribution in [0.15, 0.2) is 36.7 Å². The van der Waals surface area contributed by atoms with Gasteiger partial charge in [0.1, 0.15) is 5.69 Å². The zero-order valence-electron chi connectivity index (χ0n) is 12.0. The van der Waals surface area contributed by atoms with Gasteiger partial charge in [-0.15, -0.1) is 0 Å². The quantitative estimate of drug-likeness (QED) is 0.719. The second-order valence-electron chi connectivity index (χ2n) is 5.18. The number of hydrogen-bond donors (Lipinski definition) is 2. The van der Waals surface area contributed by atoms with Crippen LogP contribution >= 0.6 is 0 Å². The first-order chi connectivity index (χ1) is 10.0. The molecule has 0 aliphatic rings. The van der Waals surface area contributed by atoms with Crippen molar-refractivity contribution >= 4 is 22.5 Å². The van der Waals surface area contributed by atoms with Crippen molar-refractivity contribution in [2.45, 2.75) is 6.54 Å². The molecule has 1 aromatic carbocycles. The number of para-hydroxylation sites is 1. The molecule has 2 aromatic heterocycles. The van der Waals surface area contributed by atoms with Crippen molar-refractivity contribution in [2.24, 2.45) is 7.05 Å². The van der Waals surface area contributed by atoms with Gasteiger partial charge < -0.3 is 15.6 Å². The van der Waals surface area contributed by atoms with E-state index in [1.54, 1.807) is 22.8 Å². The van der Waals surface area contributed by atoms with Gasteiger partial charge in [0.05, 0.1) is 17.4 Å². The van der Waals surface area contributed by atoms with Gasteiger partial charge in [-0.05, 0) is 12.1 Å². The average molecular weight is 283 g/mol. The Hall–Kier alpha value is -2.76. The van der Waals surface area contributed by atoms with Crippen LogP contribution in [0.5, 0.6) is 0 Å². The number of nitrogen functional groups attached to an aromatic ring is 1. The van der Waals surface area contributed by atoms with Crippen molar-refractivity contribution < 1.29 is 4.79 Å². The third kappa shape index (κ3) is 2.47. The number of anilines is 1. The van der Waals surface area contributed by atoms with Crippen LogP contribution in [0.1, 0.15) is 16.1 Å². The number of aryl methyl sites for hydroxylation is 1. The van der Waals surface area contributed by atoms with E-state index >= 15 is 0 Å². The third-order valence-corrected chi connectivity index (χ3v) is 3.44. The highest BCUT2D eigenvalue weighted by atomic mass is 16.2. The average Bonchev–Trinajstić information content (AvgIpc) is 3.05. The summed E-state index contributed by atoms with van der Waals surface area (Å²) in [5.41, 5.74) is 8.87. The Labute approximate surface area is 122 Å². The number of amides is 1. The zero-order valence-corrected chi connectivity index (χ0v) is 12.0. The molecule has 6 nitrogen and oxygen atoms in total. The molecular formula is C15H17N5O. The zero-order chi connectivity index (χ0) is 15.0. The predicted molar refractivity (Wildman–Crippen MR) is 81.7 cm³/mol. The molecule has 3 N–H and O–H groups in total. The Morgan fingerprint density at radius 3 is 2.95 bits per heavy atom. The number of nitrogens with one attached hydrogen (secondary N) is 1. The molecule has 0 bridgehead atoms. The third-order valence-electron chi connectivity index (χ3n) is 3.44. The van der Waals surface area contributed by atoms with Crippen molar-refractivity contribution in [2.75, 3.05) is 12.8 Å². The van der Waals surface area contributed by atoms with Gasteiger partial charge in [0, 0.05) is 37.8 Å². The lowest BCUT2D eigenvalue weighted by atomic mass is 10.2. The maximum atomic E-state index is 12.5. The van der Waals surface area contributed by atoms with Crippen molar-refractivity contribution in [1.82, 2.24) is 19.7 Å². The number of nitrogens with two attached hydrogens (primary N) is 1. The lowest BCUT2D eigenvalue weighted by Crippen LogP contribution is -2.26. The Balaban J connectivity index is 1.84. The van der Waals surface area contributed by atoms with E-state index in [9.17, 15) is 4.79 Å². The fourth-order valence-corrected chi connectivity index (χ4v) is 2.40. The Bertz CT molecular complexity index is 801. The number of hydrogen-bond acceptors (Lipinski definition) is 3. The molecule has 2 heterocycles. The van der Waals surface area contributed by atoms with E-state index in [-0.39, 0.29) is 5.91 Å². The van der Waals surface area contributed by atoms with E-state index in [1.165, 1.54) is 0 Å². The smallest absolute Gasteiger partial charge is 0.270 e. The summed E-state index contributed by atoms with van der Waals surface area (Å²) < 4.78 is 1.72. The summed E-state index contributed by atoms with van der Waals surface area (Å²) in [5, 5.41) is 5.04. The molecule has 6 heteroatoms. The first-order valence-electron chi connectivity index (χ1n) is 6.65. The largest absolute Gasteiger partial charge is 0.397 e. The molecule has 0 spiro atoms. The first kappa shape index (κ1) is 13.2. The van der Waals surface area contributed by atoms with Crippen LogP contribution in [0.2, 0.25) is 0 Å². The topological polar surface area (TPSA) is 79.9 Å². The van der Waals surface area contributed by atoms with Crippen molar-refractivity contribution in [3.8, 4) is 0 Å².